The first kappa shape index (κ1) is 26.2. The minimum Gasteiger partial charge on any atom is -0.383 e. The van der Waals surface area contributed by atoms with E-state index in [1.165, 1.54) is 16.9 Å². The number of benzene rings is 3. The van der Waals surface area contributed by atoms with E-state index in [-0.39, 0.29) is 17.3 Å². The number of carbonyl (C=O) groups is 1. The fourth-order valence-corrected chi connectivity index (χ4v) is 5.79. The van der Waals surface area contributed by atoms with Crippen molar-refractivity contribution < 1.29 is 4.79 Å². The number of fused-ring (bicyclic) bond motifs is 1. The number of hydrogen-bond acceptors (Lipinski definition) is 6. The lowest BCUT2D eigenvalue weighted by atomic mass is 10.00. The number of halogens is 1. The second-order valence-electron chi connectivity index (χ2n) is 9.02. The number of anilines is 3. The van der Waals surface area contributed by atoms with E-state index in [0.717, 1.165) is 23.2 Å². The molecule has 3 aromatic carbocycles. The third kappa shape index (κ3) is 5.58. The lowest BCUT2D eigenvalue weighted by Crippen LogP contribution is -2.26. The highest BCUT2D eigenvalue weighted by molar-refractivity contribution is 7.24. The first-order valence-electron chi connectivity index (χ1n) is 12.6. The quantitative estimate of drug-likeness (QED) is 0.187. The zero-order chi connectivity index (χ0) is 27.4. The van der Waals surface area contributed by atoms with E-state index in [0.29, 0.717) is 44.3 Å². The van der Waals surface area contributed by atoms with Crippen LogP contribution in [-0.2, 0) is 12.8 Å². The van der Waals surface area contributed by atoms with Gasteiger partial charge >= 0.3 is 0 Å². The molecule has 2 heterocycles. The Morgan fingerprint density at radius 3 is 2.41 bits per heavy atom. The summed E-state index contributed by atoms with van der Waals surface area (Å²) in [5, 5.41) is 17.7. The van der Waals surface area contributed by atoms with Crippen molar-refractivity contribution in [2.75, 3.05) is 17.6 Å². The van der Waals surface area contributed by atoms with Crippen molar-refractivity contribution in [1.29, 1.82) is 5.26 Å². The Kier molecular flexibility index (Phi) is 7.78. The molecule has 0 aliphatic heterocycles. The molecule has 6 nitrogen and oxygen atoms in total. The zero-order valence-corrected chi connectivity index (χ0v) is 22.9. The number of aryl methyl sites for hydroxylation is 1. The van der Waals surface area contributed by atoms with Crippen molar-refractivity contribution in [3.8, 4) is 17.2 Å². The van der Waals surface area contributed by atoms with Crippen molar-refractivity contribution in [2.45, 2.75) is 19.8 Å². The molecule has 0 spiro atoms. The summed E-state index contributed by atoms with van der Waals surface area (Å²) >= 11 is 7.51. The second kappa shape index (κ2) is 11.6. The number of carbonyl (C=O) groups excluding carboxylic acids is 1. The van der Waals surface area contributed by atoms with E-state index in [2.05, 4.69) is 40.7 Å². The lowest BCUT2D eigenvalue weighted by molar-refractivity contribution is 0.0957. The van der Waals surface area contributed by atoms with Crippen LogP contribution in [-0.4, -0.2) is 17.4 Å². The van der Waals surface area contributed by atoms with Gasteiger partial charge < -0.3 is 16.4 Å². The molecule has 0 radical (unpaired) electrons. The predicted molar refractivity (Wildman–Crippen MR) is 161 cm³/mol. The first-order chi connectivity index (χ1) is 19.0. The van der Waals surface area contributed by atoms with Gasteiger partial charge in [-0.25, -0.2) is 4.98 Å². The van der Waals surface area contributed by atoms with Crippen LogP contribution in [0.1, 0.15) is 34.0 Å². The number of rotatable bonds is 8. The molecule has 0 unspecified atom stereocenters. The van der Waals surface area contributed by atoms with Crippen molar-refractivity contribution in [1.82, 2.24) is 10.3 Å². The van der Waals surface area contributed by atoms with Crippen molar-refractivity contribution >= 4 is 55.6 Å². The molecule has 194 valence electrons. The molecule has 0 fully saturated rings. The van der Waals surface area contributed by atoms with Gasteiger partial charge in [-0.2, -0.15) is 5.26 Å². The van der Waals surface area contributed by atoms with E-state index < -0.39 is 0 Å². The normalized spacial score (nSPS) is 10.8. The Morgan fingerprint density at radius 2 is 1.74 bits per heavy atom. The molecule has 1 amide bonds. The maximum atomic E-state index is 13.7. The summed E-state index contributed by atoms with van der Waals surface area (Å²) in [6, 6.07) is 27.5. The van der Waals surface area contributed by atoms with Crippen LogP contribution in [0.4, 0.5) is 16.5 Å². The molecule has 0 atom stereocenters. The molecule has 5 aromatic rings. The SMILES string of the molecule is CCc1ccc(Nc2sc3c(-c4ccc(Cl)cc4)c(C#N)c(N)nc3c2C(=O)NCCc2ccccc2)cc1. The number of amides is 1. The highest BCUT2D eigenvalue weighted by atomic mass is 35.5. The summed E-state index contributed by atoms with van der Waals surface area (Å²) < 4.78 is 0.698. The Labute approximate surface area is 236 Å². The van der Waals surface area contributed by atoms with Gasteiger partial charge in [-0.15, -0.1) is 11.3 Å². The highest BCUT2D eigenvalue weighted by Gasteiger charge is 2.26. The average Bonchev–Trinajstić information content (AvgIpc) is 3.30. The summed E-state index contributed by atoms with van der Waals surface area (Å²) in [5.74, 6) is -0.187. The zero-order valence-electron chi connectivity index (χ0n) is 21.3. The van der Waals surface area contributed by atoms with Crippen LogP contribution in [0, 0.1) is 11.3 Å². The number of thiophene rings is 1. The Hall–Kier alpha value is -4.38. The maximum Gasteiger partial charge on any atom is 0.256 e. The Balaban J connectivity index is 1.62. The molecular formula is C31H26ClN5OS. The van der Waals surface area contributed by atoms with Crippen LogP contribution in [0.3, 0.4) is 0 Å². The van der Waals surface area contributed by atoms with Gasteiger partial charge in [0.25, 0.3) is 5.91 Å². The number of hydrogen-bond donors (Lipinski definition) is 3. The molecule has 0 saturated carbocycles. The summed E-state index contributed by atoms with van der Waals surface area (Å²) in [4.78, 5) is 18.2. The fourth-order valence-electron chi connectivity index (χ4n) is 4.43. The van der Waals surface area contributed by atoms with E-state index in [9.17, 15) is 10.1 Å². The van der Waals surface area contributed by atoms with Crippen molar-refractivity contribution in [2.24, 2.45) is 0 Å². The number of nitrogens with zero attached hydrogens (tertiary/aromatic N) is 2. The third-order valence-electron chi connectivity index (χ3n) is 6.48. The van der Waals surface area contributed by atoms with Gasteiger partial charge in [-0.3, -0.25) is 4.79 Å². The van der Waals surface area contributed by atoms with Crippen LogP contribution < -0.4 is 16.4 Å². The first-order valence-corrected chi connectivity index (χ1v) is 13.8. The molecule has 0 aliphatic carbocycles. The predicted octanol–water partition coefficient (Wildman–Crippen LogP) is 7.35. The van der Waals surface area contributed by atoms with Gasteiger partial charge in [0.2, 0.25) is 0 Å². The molecule has 39 heavy (non-hydrogen) atoms. The van der Waals surface area contributed by atoms with Crippen LogP contribution in [0.5, 0.6) is 0 Å². The van der Waals surface area contributed by atoms with Crippen molar-refractivity contribution in [3.63, 3.8) is 0 Å². The van der Waals surface area contributed by atoms with Gasteiger partial charge in [0, 0.05) is 22.8 Å². The van der Waals surface area contributed by atoms with Crippen LogP contribution in [0.15, 0.2) is 78.9 Å². The van der Waals surface area contributed by atoms with E-state index in [1.807, 2.05) is 54.6 Å². The largest absolute Gasteiger partial charge is 0.383 e. The van der Waals surface area contributed by atoms with E-state index in [4.69, 9.17) is 17.3 Å². The Morgan fingerprint density at radius 1 is 1.03 bits per heavy atom. The average molecular weight is 552 g/mol. The smallest absolute Gasteiger partial charge is 0.256 e. The minimum absolute atomic E-state index is 0.0740. The Bertz CT molecular complexity index is 1670. The number of nitrogen functional groups attached to an aromatic ring is 1. The maximum absolute atomic E-state index is 13.7. The number of aromatic nitrogens is 1. The van der Waals surface area contributed by atoms with Crippen LogP contribution >= 0.6 is 22.9 Å². The number of pyridine rings is 1. The second-order valence-corrected chi connectivity index (χ2v) is 10.5. The number of nitrogens with two attached hydrogens (primary N) is 1. The number of nitrogens with one attached hydrogen (secondary N) is 2. The lowest BCUT2D eigenvalue weighted by Gasteiger charge is -2.10. The molecule has 8 heteroatoms. The fraction of sp³-hybridized carbons (Fsp3) is 0.129. The van der Waals surface area contributed by atoms with E-state index >= 15 is 0 Å². The third-order valence-corrected chi connectivity index (χ3v) is 7.85. The summed E-state index contributed by atoms with van der Waals surface area (Å²) in [5.41, 5.74) is 12.0. The van der Waals surface area contributed by atoms with Gasteiger partial charge in [0.1, 0.15) is 28.0 Å². The van der Waals surface area contributed by atoms with Gasteiger partial charge in [0.15, 0.2) is 0 Å². The van der Waals surface area contributed by atoms with Gasteiger partial charge in [-0.05, 0) is 53.8 Å². The molecular weight excluding hydrogens is 526 g/mol. The standard InChI is InChI=1S/C31H26ClN5OS/c1-2-19-8-14-23(15-9-19)36-31-26(30(38)35-17-16-20-6-4-3-5-7-20)27-28(39-31)25(24(18-33)29(34)37-27)21-10-12-22(32)13-11-21/h3-15,36H,2,16-17H2,1H3,(H2,34,37)(H,35,38). The van der Waals surface area contributed by atoms with E-state index in [1.54, 1.807) is 12.1 Å². The number of nitriles is 1. The molecule has 0 bridgehead atoms. The van der Waals surface area contributed by atoms with Crippen LogP contribution in [0.25, 0.3) is 21.3 Å². The van der Waals surface area contributed by atoms with Gasteiger partial charge in [0.05, 0.1) is 10.2 Å². The molecule has 5 rings (SSSR count). The van der Waals surface area contributed by atoms with Gasteiger partial charge in [-0.1, -0.05) is 73.1 Å². The minimum atomic E-state index is -0.261. The summed E-state index contributed by atoms with van der Waals surface area (Å²) in [6.07, 6.45) is 1.63. The molecule has 0 aliphatic rings. The summed E-state index contributed by atoms with van der Waals surface area (Å²) in [6.45, 7) is 2.56. The molecule has 2 aromatic heterocycles. The monoisotopic (exact) mass is 551 g/mol. The summed E-state index contributed by atoms with van der Waals surface area (Å²) in [7, 11) is 0. The highest BCUT2D eigenvalue weighted by Crippen LogP contribution is 2.44. The topological polar surface area (TPSA) is 104 Å². The van der Waals surface area contributed by atoms with Crippen LogP contribution in [0.2, 0.25) is 5.02 Å². The molecule has 0 saturated heterocycles. The molecule has 4 N–H and O–H groups in total. The van der Waals surface area contributed by atoms with Crippen molar-refractivity contribution in [3.05, 3.63) is 106 Å².